The number of aromatic amines is 1. The number of pyridine rings is 2. The van der Waals surface area contributed by atoms with Gasteiger partial charge in [0.15, 0.2) is 5.82 Å². The van der Waals surface area contributed by atoms with Gasteiger partial charge in [-0.2, -0.15) is 10.2 Å². The molecule has 1 N–H and O–H groups in total. The van der Waals surface area contributed by atoms with Crippen LogP contribution in [0.3, 0.4) is 0 Å². The Bertz CT molecular complexity index is 848. The van der Waals surface area contributed by atoms with Crippen molar-refractivity contribution in [2.75, 3.05) is 0 Å². The van der Waals surface area contributed by atoms with Crippen LogP contribution in [-0.2, 0) is 0 Å². The largest absolute Gasteiger partial charge is 0.285 e. The lowest BCUT2D eigenvalue weighted by molar-refractivity contribution is 0.874. The summed E-state index contributed by atoms with van der Waals surface area (Å²) in [6, 6.07) is 7.73. The van der Waals surface area contributed by atoms with Crippen LogP contribution in [0.5, 0.6) is 0 Å². The molecule has 0 aliphatic rings. The Morgan fingerprint density at radius 2 is 2.05 bits per heavy atom. The maximum absolute atomic E-state index is 4.42. The van der Waals surface area contributed by atoms with Gasteiger partial charge in [0.25, 0.3) is 0 Å². The molecule has 0 saturated carbocycles. The van der Waals surface area contributed by atoms with E-state index < -0.39 is 0 Å². The van der Waals surface area contributed by atoms with Crippen molar-refractivity contribution in [3.05, 3.63) is 55.2 Å². The number of nitrogens with zero attached hydrogens (tertiary/aromatic N) is 5. The number of aromatic nitrogens is 6. The zero-order valence-electron chi connectivity index (χ0n) is 10.4. The van der Waals surface area contributed by atoms with Crippen molar-refractivity contribution in [2.45, 2.75) is 0 Å². The number of H-pyrrole nitrogens is 1. The highest BCUT2D eigenvalue weighted by Crippen LogP contribution is 2.22. The van der Waals surface area contributed by atoms with E-state index >= 15 is 0 Å². The monoisotopic (exact) mass is 262 g/mol. The minimum atomic E-state index is 0.784. The van der Waals surface area contributed by atoms with Crippen LogP contribution in [0.1, 0.15) is 0 Å². The molecule has 0 unspecified atom stereocenters. The van der Waals surface area contributed by atoms with E-state index in [4.69, 9.17) is 0 Å². The van der Waals surface area contributed by atoms with Crippen LogP contribution in [-0.4, -0.2) is 29.9 Å². The molecule has 0 fully saturated rings. The molecule has 96 valence electrons. The Hall–Kier alpha value is -3.02. The summed E-state index contributed by atoms with van der Waals surface area (Å²) in [6.45, 7) is 0. The van der Waals surface area contributed by atoms with Gasteiger partial charge in [0.2, 0.25) is 0 Å². The third-order valence-electron chi connectivity index (χ3n) is 3.11. The van der Waals surface area contributed by atoms with Crippen LogP contribution in [0.4, 0.5) is 0 Å². The van der Waals surface area contributed by atoms with Gasteiger partial charge < -0.3 is 0 Å². The molecule has 4 rings (SSSR count). The van der Waals surface area contributed by atoms with Crippen LogP contribution in [0.15, 0.2) is 55.2 Å². The predicted molar refractivity (Wildman–Crippen MR) is 74.2 cm³/mol. The lowest BCUT2D eigenvalue weighted by Gasteiger charge is -2.03. The fourth-order valence-electron chi connectivity index (χ4n) is 2.13. The first-order valence-corrected chi connectivity index (χ1v) is 6.16. The number of hydrogen-bond acceptors (Lipinski definition) is 4. The topological polar surface area (TPSA) is 72.3 Å². The summed E-state index contributed by atoms with van der Waals surface area (Å²) in [5.41, 5.74) is 2.76. The second-order valence-corrected chi connectivity index (χ2v) is 4.36. The Kier molecular flexibility index (Phi) is 2.32. The molecule has 0 aliphatic heterocycles. The number of nitrogens with one attached hydrogen (secondary N) is 1. The average Bonchev–Trinajstić information content (AvgIpc) is 3.17. The summed E-state index contributed by atoms with van der Waals surface area (Å²) in [7, 11) is 0. The van der Waals surface area contributed by atoms with Gasteiger partial charge in [0, 0.05) is 29.5 Å². The van der Waals surface area contributed by atoms with Gasteiger partial charge in [0.05, 0.1) is 23.6 Å². The first-order valence-electron chi connectivity index (χ1n) is 6.16. The summed E-state index contributed by atoms with van der Waals surface area (Å²) in [6.07, 6.45) is 8.91. The lowest BCUT2D eigenvalue weighted by Crippen LogP contribution is -1.98. The second-order valence-electron chi connectivity index (χ2n) is 4.36. The smallest absolute Gasteiger partial charge is 0.153 e. The highest BCUT2D eigenvalue weighted by Gasteiger charge is 2.08. The highest BCUT2D eigenvalue weighted by molar-refractivity contribution is 5.82. The van der Waals surface area contributed by atoms with Crippen LogP contribution in [0.2, 0.25) is 0 Å². The van der Waals surface area contributed by atoms with E-state index in [2.05, 4.69) is 25.3 Å². The summed E-state index contributed by atoms with van der Waals surface area (Å²) in [5.74, 6) is 0.784. The van der Waals surface area contributed by atoms with Crippen LogP contribution >= 0.6 is 0 Å². The first kappa shape index (κ1) is 10.9. The standard InChI is InChI=1S/C14H10N6/c1-2-4-15-14(3-1)20-13-5-12(10-7-17-18-8-10)16-6-11(13)9-19-20/h1-9H,(H,17,18). The second kappa shape index (κ2) is 4.27. The molecule has 0 radical (unpaired) electrons. The third kappa shape index (κ3) is 1.66. The molecule has 0 aliphatic carbocycles. The molecule has 6 nitrogen and oxygen atoms in total. The minimum Gasteiger partial charge on any atom is -0.285 e. The fourth-order valence-corrected chi connectivity index (χ4v) is 2.13. The Labute approximate surface area is 114 Å². The molecule has 0 amide bonds. The van der Waals surface area contributed by atoms with Gasteiger partial charge in [-0.15, -0.1) is 0 Å². The molecule has 0 bridgehead atoms. The van der Waals surface area contributed by atoms with Crippen molar-refractivity contribution < 1.29 is 0 Å². The van der Waals surface area contributed by atoms with E-state index in [1.54, 1.807) is 23.3 Å². The maximum atomic E-state index is 4.42. The van der Waals surface area contributed by atoms with E-state index in [9.17, 15) is 0 Å². The van der Waals surface area contributed by atoms with E-state index in [0.717, 1.165) is 28.0 Å². The summed E-state index contributed by atoms with van der Waals surface area (Å²) < 4.78 is 1.81. The maximum Gasteiger partial charge on any atom is 0.153 e. The first-order chi connectivity index (χ1) is 9.92. The van der Waals surface area contributed by atoms with Crippen molar-refractivity contribution >= 4 is 10.9 Å². The van der Waals surface area contributed by atoms with Crippen molar-refractivity contribution in [3.63, 3.8) is 0 Å². The van der Waals surface area contributed by atoms with Gasteiger partial charge in [-0.3, -0.25) is 10.1 Å². The van der Waals surface area contributed by atoms with Gasteiger partial charge >= 0.3 is 0 Å². The molecule has 0 saturated heterocycles. The lowest BCUT2D eigenvalue weighted by atomic mass is 10.2. The van der Waals surface area contributed by atoms with E-state index in [1.807, 2.05) is 36.7 Å². The molecular formula is C14H10N6. The van der Waals surface area contributed by atoms with Crippen molar-refractivity contribution in [3.8, 4) is 17.1 Å². The van der Waals surface area contributed by atoms with E-state index in [0.29, 0.717) is 0 Å². The average molecular weight is 262 g/mol. The van der Waals surface area contributed by atoms with Crippen molar-refractivity contribution in [2.24, 2.45) is 0 Å². The summed E-state index contributed by atoms with van der Waals surface area (Å²) in [4.78, 5) is 8.75. The van der Waals surface area contributed by atoms with Crippen molar-refractivity contribution in [1.82, 2.24) is 29.9 Å². The zero-order valence-corrected chi connectivity index (χ0v) is 10.4. The highest BCUT2D eigenvalue weighted by atomic mass is 15.3. The molecule has 20 heavy (non-hydrogen) atoms. The summed E-state index contributed by atoms with van der Waals surface area (Å²) >= 11 is 0. The molecule has 4 aromatic rings. The Morgan fingerprint density at radius 1 is 1.05 bits per heavy atom. The van der Waals surface area contributed by atoms with Gasteiger partial charge in [-0.05, 0) is 18.2 Å². The zero-order chi connectivity index (χ0) is 13.4. The molecule has 6 heteroatoms. The van der Waals surface area contributed by atoms with Crippen LogP contribution in [0.25, 0.3) is 28.0 Å². The van der Waals surface area contributed by atoms with Crippen LogP contribution in [0, 0.1) is 0 Å². The Morgan fingerprint density at radius 3 is 2.85 bits per heavy atom. The number of hydrogen-bond donors (Lipinski definition) is 1. The summed E-state index contributed by atoms with van der Waals surface area (Å²) in [5, 5.41) is 12.1. The van der Waals surface area contributed by atoms with Crippen LogP contribution < -0.4 is 0 Å². The fraction of sp³-hybridized carbons (Fsp3) is 0. The molecule has 4 aromatic heterocycles. The van der Waals surface area contributed by atoms with E-state index in [-0.39, 0.29) is 0 Å². The number of fused-ring (bicyclic) bond motifs is 1. The van der Waals surface area contributed by atoms with Crippen molar-refractivity contribution in [1.29, 1.82) is 0 Å². The predicted octanol–water partition coefficient (Wildman–Crippen LogP) is 2.21. The molecule has 4 heterocycles. The normalized spacial score (nSPS) is 11.0. The third-order valence-corrected chi connectivity index (χ3v) is 3.11. The molecular weight excluding hydrogens is 252 g/mol. The quantitative estimate of drug-likeness (QED) is 0.601. The molecule has 0 atom stereocenters. The molecule has 0 spiro atoms. The SMILES string of the molecule is c1ccc(-n2ncc3cnc(-c4cn[nH]c4)cc32)nc1. The van der Waals surface area contributed by atoms with Gasteiger partial charge in [-0.25, -0.2) is 9.67 Å². The van der Waals surface area contributed by atoms with Gasteiger partial charge in [-0.1, -0.05) is 6.07 Å². The Balaban J connectivity index is 1.93. The van der Waals surface area contributed by atoms with E-state index in [1.165, 1.54) is 0 Å². The minimum absolute atomic E-state index is 0.784. The van der Waals surface area contributed by atoms with Gasteiger partial charge in [0.1, 0.15) is 0 Å². The number of rotatable bonds is 2. The molecule has 0 aromatic carbocycles.